The van der Waals surface area contributed by atoms with Crippen LogP contribution in [-0.2, 0) is 5.75 Å². The Balaban J connectivity index is 1.65. The van der Waals surface area contributed by atoms with E-state index in [1.807, 2.05) is 44.2 Å². The fourth-order valence-electron chi connectivity index (χ4n) is 2.91. The molecule has 9 heteroatoms. The number of fused-ring (bicyclic) bond motifs is 1. The highest BCUT2D eigenvalue weighted by molar-refractivity contribution is 7.98. The smallest absolute Gasteiger partial charge is 0.258 e. The van der Waals surface area contributed by atoms with E-state index in [-0.39, 0.29) is 5.56 Å². The minimum Gasteiger partial charge on any atom is -0.494 e. The topological polar surface area (TPSA) is 87.2 Å². The van der Waals surface area contributed by atoms with E-state index in [1.54, 1.807) is 28.5 Å². The lowest BCUT2D eigenvalue weighted by Crippen LogP contribution is -2.15. The molecule has 0 spiro atoms. The van der Waals surface area contributed by atoms with Gasteiger partial charge in [0.1, 0.15) is 17.1 Å². The van der Waals surface area contributed by atoms with Crippen LogP contribution in [0.4, 0.5) is 0 Å². The van der Waals surface area contributed by atoms with Crippen LogP contribution in [0.2, 0.25) is 0 Å². The van der Waals surface area contributed by atoms with Crippen LogP contribution in [0.1, 0.15) is 16.8 Å². The van der Waals surface area contributed by atoms with Gasteiger partial charge in [-0.3, -0.25) is 9.20 Å². The molecule has 0 amide bonds. The van der Waals surface area contributed by atoms with Crippen LogP contribution in [-0.4, -0.2) is 36.7 Å². The van der Waals surface area contributed by atoms with Crippen molar-refractivity contribution in [3.63, 3.8) is 0 Å². The van der Waals surface area contributed by atoms with Gasteiger partial charge in [0.05, 0.1) is 12.8 Å². The molecule has 8 nitrogen and oxygen atoms in total. The van der Waals surface area contributed by atoms with E-state index < -0.39 is 0 Å². The van der Waals surface area contributed by atoms with E-state index >= 15 is 0 Å². The largest absolute Gasteiger partial charge is 0.494 e. The Morgan fingerprint density at radius 1 is 1.18 bits per heavy atom. The fourth-order valence-corrected chi connectivity index (χ4v) is 3.68. The molecular weight excluding hydrogens is 376 g/mol. The van der Waals surface area contributed by atoms with Crippen molar-refractivity contribution in [2.24, 2.45) is 0 Å². The second-order valence-electron chi connectivity index (χ2n) is 6.31. The molecule has 0 aliphatic heterocycles. The van der Waals surface area contributed by atoms with E-state index in [0.717, 1.165) is 16.8 Å². The molecule has 0 saturated heterocycles. The van der Waals surface area contributed by atoms with Crippen molar-refractivity contribution in [3.05, 3.63) is 69.8 Å². The number of nitrogens with zero attached hydrogens (tertiary/aromatic N) is 6. The Morgan fingerprint density at radius 3 is 2.86 bits per heavy atom. The van der Waals surface area contributed by atoms with Crippen molar-refractivity contribution in [2.45, 2.75) is 24.8 Å². The molecule has 3 heterocycles. The highest BCUT2D eigenvalue weighted by Crippen LogP contribution is 2.28. The molecule has 0 radical (unpaired) electrons. The summed E-state index contributed by atoms with van der Waals surface area (Å²) < 4.78 is 8.62. The number of ether oxygens (including phenoxy) is 1. The Kier molecular flexibility index (Phi) is 4.82. The maximum atomic E-state index is 12.4. The van der Waals surface area contributed by atoms with Gasteiger partial charge in [-0.15, -0.1) is 5.10 Å². The van der Waals surface area contributed by atoms with E-state index in [4.69, 9.17) is 4.74 Å². The fraction of sp³-hybridized carbons (Fsp3) is 0.211. The Hall–Kier alpha value is -3.20. The molecule has 4 rings (SSSR count). The van der Waals surface area contributed by atoms with Gasteiger partial charge in [-0.2, -0.15) is 4.68 Å². The van der Waals surface area contributed by atoms with Gasteiger partial charge in [0.15, 0.2) is 0 Å². The van der Waals surface area contributed by atoms with Gasteiger partial charge < -0.3 is 4.74 Å². The average molecular weight is 394 g/mol. The molecule has 142 valence electrons. The number of thioether (sulfide) groups is 1. The van der Waals surface area contributed by atoms with Crippen molar-refractivity contribution in [1.29, 1.82) is 0 Å². The van der Waals surface area contributed by atoms with Crippen LogP contribution in [0.25, 0.3) is 11.3 Å². The first-order valence-corrected chi connectivity index (χ1v) is 9.59. The van der Waals surface area contributed by atoms with Crippen LogP contribution >= 0.6 is 11.8 Å². The lowest BCUT2D eigenvalue weighted by Gasteiger charge is -2.10. The number of aromatic nitrogens is 6. The number of aryl methyl sites for hydroxylation is 2. The summed E-state index contributed by atoms with van der Waals surface area (Å²) in [7, 11) is 1.61. The molecule has 4 aromatic rings. The molecular formula is C19H18N6O2S. The Bertz CT molecular complexity index is 1220. The van der Waals surface area contributed by atoms with Gasteiger partial charge >= 0.3 is 0 Å². The summed E-state index contributed by atoms with van der Waals surface area (Å²) in [6.45, 7) is 3.93. The molecule has 0 N–H and O–H groups in total. The highest BCUT2D eigenvalue weighted by Gasteiger charge is 2.15. The molecule has 3 aromatic heterocycles. The normalized spacial score (nSPS) is 11.1. The van der Waals surface area contributed by atoms with Crippen molar-refractivity contribution in [3.8, 4) is 11.4 Å². The van der Waals surface area contributed by atoms with Crippen molar-refractivity contribution in [2.75, 3.05) is 7.11 Å². The van der Waals surface area contributed by atoms with Gasteiger partial charge in [-0.25, -0.2) is 4.98 Å². The molecule has 0 aliphatic rings. The summed E-state index contributed by atoms with van der Waals surface area (Å²) in [6, 6.07) is 11.1. The predicted octanol–water partition coefficient (Wildman–Crippen LogP) is 2.59. The molecule has 0 atom stereocenters. The van der Waals surface area contributed by atoms with Gasteiger partial charge in [0.2, 0.25) is 5.16 Å². The predicted molar refractivity (Wildman–Crippen MR) is 106 cm³/mol. The lowest BCUT2D eigenvalue weighted by atomic mass is 10.2. The SMILES string of the molecule is COc1ccc(C)cc1-n1nnnc1SCc1cc(=O)n2cccc(C)c2n1. The average Bonchev–Trinajstić information content (AvgIpc) is 3.15. The number of pyridine rings is 1. The minimum atomic E-state index is -0.107. The summed E-state index contributed by atoms with van der Waals surface area (Å²) in [5, 5.41) is 12.6. The molecule has 0 fully saturated rings. The summed E-state index contributed by atoms with van der Waals surface area (Å²) in [5.41, 5.74) is 4.00. The van der Waals surface area contributed by atoms with Gasteiger partial charge in [-0.05, 0) is 53.6 Å². The maximum Gasteiger partial charge on any atom is 0.258 e. The zero-order valence-electron chi connectivity index (χ0n) is 15.7. The summed E-state index contributed by atoms with van der Waals surface area (Å²) in [4.78, 5) is 17.0. The number of methoxy groups -OCH3 is 1. The van der Waals surface area contributed by atoms with Crippen molar-refractivity contribution >= 4 is 17.4 Å². The highest BCUT2D eigenvalue weighted by atomic mass is 32.2. The third-order valence-corrected chi connectivity index (χ3v) is 5.24. The van der Waals surface area contributed by atoms with Crippen molar-refractivity contribution in [1.82, 2.24) is 29.6 Å². The zero-order chi connectivity index (χ0) is 19.7. The first kappa shape index (κ1) is 18.2. The zero-order valence-corrected chi connectivity index (χ0v) is 16.5. The molecule has 28 heavy (non-hydrogen) atoms. The van der Waals surface area contributed by atoms with Crippen LogP contribution in [0.15, 0.2) is 52.5 Å². The molecule has 0 aliphatic carbocycles. The minimum absolute atomic E-state index is 0.107. The maximum absolute atomic E-state index is 12.4. The van der Waals surface area contributed by atoms with Crippen LogP contribution in [0, 0.1) is 13.8 Å². The molecule has 0 bridgehead atoms. The summed E-state index contributed by atoms with van der Waals surface area (Å²) in [6.07, 6.45) is 1.72. The van der Waals surface area contributed by atoms with E-state index in [2.05, 4.69) is 20.5 Å². The van der Waals surface area contributed by atoms with E-state index in [0.29, 0.717) is 28.0 Å². The summed E-state index contributed by atoms with van der Waals surface area (Å²) in [5.74, 6) is 1.15. The van der Waals surface area contributed by atoms with E-state index in [9.17, 15) is 4.79 Å². The van der Waals surface area contributed by atoms with Crippen LogP contribution < -0.4 is 10.3 Å². The van der Waals surface area contributed by atoms with Gasteiger partial charge in [0, 0.05) is 18.0 Å². The molecule has 0 saturated carbocycles. The third kappa shape index (κ3) is 3.36. The number of benzene rings is 1. The number of hydrogen-bond acceptors (Lipinski definition) is 7. The number of tetrazole rings is 1. The first-order valence-electron chi connectivity index (χ1n) is 8.61. The standard InChI is InChI=1S/C19H18N6O2S/c1-12-6-7-16(27-3)15(9-12)25-19(21-22-23-25)28-11-14-10-17(26)24-8-4-5-13(2)18(24)20-14/h4-10H,11H2,1-3H3. The van der Waals surface area contributed by atoms with E-state index in [1.165, 1.54) is 11.8 Å². The second-order valence-corrected chi connectivity index (χ2v) is 7.25. The van der Waals surface area contributed by atoms with Gasteiger partial charge in [-0.1, -0.05) is 23.9 Å². The third-order valence-electron chi connectivity index (χ3n) is 4.29. The van der Waals surface area contributed by atoms with Crippen LogP contribution in [0.5, 0.6) is 5.75 Å². The Labute approximate surface area is 165 Å². The monoisotopic (exact) mass is 394 g/mol. The number of rotatable bonds is 5. The summed E-state index contributed by atoms with van der Waals surface area (Å²) >= 11 is 1.41. The first-order chi connectivity index (χ1) is 13.6. The molecule has 0 unspecified atom stereocenters. The van der Waals surface area contributed by atoms with Gasteiger partial charge in [0.25, 0.3) is 5.56 Å². The molecule has 1 aromatic carbocycles. The van der Waals surface area contributed by atoms with Crippen molar-refractivity contribution < 1.29 is 4.74 Å². The second kappa shape index (κ2) is 7.43. The quantitative estimate of drug-likeness (QED) is 0.481. The van der Waals surface area contributed by atoms with Crippen LogP contribution in [0.3, 0.4) is 0 Å². The lowest BCUT2D eigenvalue weighted by molar-refractivity contribution is 0.410. The number of hydrogen-bond donors (Lipinski definition) is 0. The Morgan fingerprint density at radius 2 is 2.04 bits per heavy atom.